The Morgan fingerprint density at radius 3 is 2.17 bits per heavy atom. The molecule has 18 heavy (non-hydrogen) atoms. The molecular formula is C17H28Se. The molecule has 0 amide bonds. The second-order valence-corrected chi connectivity index (χ2v) is 8.32. The summed E-state index contributed by atoms with van der Waals surface area (Å²) in [6.45, 7) is 4.71. The van der Waals surface area contributed by atoms with Gasteiger partial charge in [-0.3, -0.25) is 0 Å². The van der Waals surface area contributed by atoms with Crippen molar-refractivity contribution in [3.63, 3.8) is 0 Å². The molecule has 0 heterocycles. The molecule has 0 aromatic heterocycles. The molecule has 1 atom stereocenters. The van der Waals surface area contributed by atoms with Gasteiger partial charge in [0.15, 0.2) is 0 Å². The SMILES string of the molecule is CCCCCCCCCC(C)[Se]c1ccccc1. The zero-order valence-corrected chi connectivity index (χ0v) is 13.7. The first-order chi connectivity index (χ1) is 8.83. The van der Waals surface area contributed by atoms with Gasteiger partial charge in [-0.05, 0) is 0 Å². The molecule has 0 bridgehead atoms. The maximum absolute atomic E-state index is 2.42. The van der Waals surface area contributed by atoms with Crippen LogP contribution in [0.25, 0.3) is 0 Å². The molecule has 0 fully saturated rings. The Morgan fingerprint density at radius 2 is 1.50 bits per heavy atom. The van der Waals surface area contributed by atoms with E-state index >= 15 is 0 Å². The van der Waals surface area contributed by atoms with E-state index in [1.54, 1.807) is 4.46 Å². The second kappa shape index (κ2) is 10.6. The molecule has 0 N–H and O–H groups in total. The summed E-state index contributed by atoms with van der Waals surface area (Å²) in [5.74, 6) is 0. The van der Waals surface area contributed by atoms with Crippen molar-refractivity contribution < 1.29 is 0 Å². The predicted molar refractivity (Wildman–Crippen MR) is 83.9 cm³/mol. The van der Waals surface area contributed by atoms with Crippen LogP contribution in [0.15, 0.2) is 30.3 Å². The minimum absolute atomic E-state index is 0.670. The fourth-order valence-corrected chi connectivity index (χ4v) is 4.41. The van der Waals surface area contributed by atoms with Gasteiger partial charge in [0.25, 0.3) is 0 Å². The van der Waals surface area contributed by atoms with Crippen molar-refractivity contribution in [3.8, 4) is 0 Å². The van der Waals surface area contributed by atoms with Gasteiger partial charge in [0.2, 0.25) is 0 Å². The molecule has 1 rings (SSSR count). The molecular weight excluding hydrogens is 283 g/mol. The normalized spacial score (nSPS) is 12.6. The van der Waals surface area contributed by atoms with E-state index in [0.29, 0.717) is 15.0 Å². The fraction of sp³-hybridized carbons (Fsp3) is 0.647. The third kappa shape index (κ3) is 7.95. The van der Waals surface area contributed by atoms with Gasteiger partial charge in [-0.2, -0.15) is 0 Å². The van der Waals surface area contributed by atoms with E-state index in [-0.39, 0.29) is 0 Å². The number of hydrogen-bond donors (Lipinski definition) is 0. The molecule has 0 saturated heterocycles. The zero-order chi connectivity index (χ0) is 13.1. The van der Waals surface area contributed by atoms with Crippen LogP contribution in [0.4, 0.5) is 0 Å². The molecule has 0 aliphatic rings. The monoisotopic (exact) mass is 312 g/mol. The number of rotatable bonds is 10. The predicted octanol–water partition coefficient (Wildman–Crippen LogP) is 4.97. The van der Waals surface area contributed by atoms with Crippen LogP contribution in [0.3, 0.4) is 0 Å². The number of unbranched alkanes of at least 4 members (excludes halogenated alkanes) is 6. The second-order valence-electron chi connectivity index (χ2n) is 5.15. The average Bonchev–Trinajstić information content (AvgIpc) is 2.39. The first kappa shape index (κ1) is 15.8. The van der Waals surface area contributed by atoms with E-state index < -0.39 is 0 Å². The third-order valence-corrected chi connectivity index (χ3v) is 5.78. The van der Waals surface area contributed by atoms with Crippen LogP contribution in [0.1, 0.15) is 65.2 Å². The topological polar surface area (TPSA) is 0 Å². The Balaban J connectivity index is 1.99. The first-order valence-corrected chi connectivity index (χ1v) is 9.39. The van der Waals surface area contributed by atoms with Gasteiger partial charge in [0.05, 0.1) is 0 Å². The number of hydrogen-bond acceptors (Lipinski definition) is 0. The van der Waals surface area contributed by atoms with Gasteiger partial charge in [0, 0.05) is 0 Å². The van der Waals surface area contributed by atoms with Crippen LogP contribution in [-0.4, -0.2) is 15.0 Å². The van der Waals surface area contributed by atoms with Gasteiger partial charge in [-0.25, -0.2) is 0 Å². The van der Waals surface area contributed by atoms with Gasteiger partial charge < -0.3 is 0 Å². The van der Waals surface area contributed by atoms with Crippen LogP contribution in [-0.2, 0) is 0 Å². The summed E-state index contributed by atoms with van der Waals surface area (Å²) in [5.41, 5.74) is 0. The van der Waals surface area contributed by atoms with E-state index in [1.165, 1.54) is 51.4 Å². The van der Waals surface area contributed by atoms with E-state index in [2.05, 4.69) is 44.2 Å². The van der Waals surface area contributed by atoms with Gasteiger partial charge in [-0.1, -0.05) is 0 Å². The molecule has 1 aromatic carbocycles. The number of benzene rings is 1. The molecule has 1 unspecified atom stereocenters. The Labute approximate surface area is 120 Å². The molecule has 102 valence electrons. The van der Waals surface area contributed by atoms with Crippen LogP contribution >= 0.6 is 0 Å². The summed E-state index contributed by atoms with van der Waals surface area (Å²) in [6, 6.07) is 11.0. The summed E-state index contributed by atoms with van der Waals surface area (Å²) in [4.78, 5) is 0.899. The van der Waals surface area contributed by atoms with E-state index in [4.69, 9.17) is 0 Å². The average molecular weight is 311 g/mol. The quantitative estimate of drug-likeness (QED) is 0.423. The van der Waals surface area contributed by atoms with Crippen LogP contribution in [0, 0.1) is 0 Å². The third-order valence-electron chi connectivity index (χ3n) is 3.29. The molecule has 0 spiro atoms. The minimum atomic E-state index is 0.670. The Kier molecular flexibility index (Phi) is 9.34. The van der Waals surface area contributed by atoms with Gasteiger partial charge >= 0.3 is 120 Å². The Hall–Kier alpha value is -0.261. The standard InChI is InChI=1S/C17H28Se/c1-3-4-5-6-7-8-10-13-16(2)18-17-14-11-9-12-15-17/h9,11-12,14-16H,3-8,10,13H2,1-2H3. The summed E-state index contributed by atoms with van der Waals surface area (Å²) >= 11 is 0.670. The molecule has 0 nitrogen and oxygen atoms in total. The van der Waals surface area contributed by atoms with Crippen LogP contribution in [0.2, 0.25) is 4.82 Å². The van der Waals surface area contributed by atoms with Gasteiger partial charge in [-0.15, -0.1) is 0 Å². The van der Waals surface area contributed by atoms with Crippen molar-refractivity contribution >= 4 is 19.4 Å². The van der Waals surface area contributed by atoms with Crippen LogP contribution in [0.5, 0.6) is 0 Å². The molecule has 0 aliphatic carbocycles. The van der Waals surface area contributed by atoms with E-state index in [0.717, 1.165) is 4.82 Å². The zero-order valence-electron chi connectivity index (χ0n) is 12.0. The van der Waals surface area contributed by atoms with Crippen molar-refractivity contribution in [2.45, 2.75) is 70.0 Å². The van der Waals surface area contributed by atoms with Crippen LogP contribution < -0.4 is 4.46 Å². The van der Waals surface area contributed by atoms with Crippen molar-refractivity contribution in [1.82, 2.24) is 0 Å². The van der Waals surface area contributed by atoms with Crippen molar-refractivity contribution in [2.24, 2.45) is 0 Å². The Bertz CT molecular complexity index is 281. The van der Waals surface area contributed by atoms with Crippen molar-refractivity contribution in [2.75, 3.05) is 0 Å². The first-order valence-electron chi connectivity index (χ1n) is 7.54. The van der Waals surface area contributed by atoms with E-state index in [1.807, 2.05) is 0 Å². The summed E-state index contributed by atoms with van der Waals surface area (Å²) in [7, 11) is 0. The van der Waals surface area contributed by atoms with Crippen molar-refractivity contribution in [1.29, 1.82) is 0 Å². The maximum atomic E-state index is 2.42. The van der Waals surface area contributed by atoms with E-state index in [9.17, 15) is 0 Å². The van der Waals surface area contributed by atoms with Gasteiger partial charge in [0.1, 0.15) is 0 Å². The molecule has 1 aromatic rings. The molecule has 0 radical (unpaired) electrons. The molecule has 1 heteroatoms. The summed E-state index contributed by atoms with van der Waals surface area (Å²) in [6.07, 6.45) is 11.4. The molecule has 0 saturated carbocycles. The fourth-order valence-electron chi connectivity index (χ4n) is 2.18. The summed E-state index contributed by atoms with van der Waals surface area (Å²) in [5, 5.41) is 0. The molecule has 0 aliphatic heterocycles. The Morgan fingerprint density at radius 1 is 0.889 bits per heavy atom. The summed E-state index contributed by atoms with van der Waals surface area (Å²) < 4.78 is 1.56. The van der Waals surface area contributed by atoms with Crippen molar-refractivity contribution in [3.05, 3.63) is 30.3 Å².